The summed E-state index contributed by atoms with van der Waals surface area (Å²) >= 11 is 0. The van der Waals surface area contributed by atoms with Crippen LogP contribution in [0.25, 0.3) is 0 Å². The number of hydrogen-bond donors (Lipinski definition) is 1. The van der Waals surface area contributed by atoms with Crippen molar-refractivity contribution in [2.75, 3.05) is 56.0 Å². The second kappa shape index (κ2) is 9.92. The number of amides is 2. The minimum atomic E-state index is -0.226. The fourth-order valence-electron chi connectivity index (χ4n) is 4.38. The molecular formula is C24H29FN4O2. The molecule has 2 amide bonds. The summed E-state index contributed by atoms with van der Waals surface area (Å²) in [4.78, 5) is 31.4. The highest BCUT2D eigenvalue weighted by Crippen LogP contribution is 2.21. The zero-order chi connectivity index (χ0) is 21.6. The van der Waals surface area contributed by atoms with Gasteiger partial charge in [-0.3, -0.25) is 14.5 Å². The zero-order valence-electron chi connectivity index (χ0n) is 17.7. The maximum Gasteiger partial charge on any atom is 0.236 e. The first kappa shape index (κ1) is 21.3. The molecule has 0 aromatic heterocycles. The van der Waals surface area contributed by atoms with Crippen LogP contribution in [0.4, 0.5) is 15.8 Å². The van der Waals surface area contributed by atoms with Gasteiger partial charge in [-0.15, -0.1) is 0 Å². The molecule has 6 nitrogen and oxygen atoms in total. The molecule has 31 heavy (non-hydrogen) atoms. The molecule has 2 aliphatic heterocycles. The Morgan fingerprint density at radius 1 is 0.935 bits per heavy atom. The number of nitrogens with zero attached hydrogens (tertiary/aromatic N) is 3. The molecule has 1 N–H and O–H groups in total. The number of hydrogen-bond acceptors (Lipinski definition) is 4. The van der Waals surface area contributed by atoms with Gasteiger partial charge in [0.15, 0.2) is 0 Å². The highest BCUT2D eigenvalue weighted by molar-refractivity contribution is 5.92. The summed E-state index contributed by atoms with van der Waals surface area (Å²) in [6.07, 6.45) is 1.74. The van der Waals surface area contributed by atoms with Crippen LogP contribution >= 0.6 is 0 Å². The summed E-state index contributed by atoms with van der Waals surface area (Å²) in [7, 11) is 0. The van der Waals surface area contributed by atoms with Crippen LogP contribution in [0.1, 0.15) is 12.8 Å². The van der Waals surface area contributed by atoms with Crippen molar-refractivity contribution in [1.82, 2.24) is 9.80 Å². The first-order valence-electron chi connectivity index (χ1n) is 11.0. The van der Waals surface area contributed by atoms with Crippen LogP contribution in [-0.2, 0) is 9.59 Å². The highest BCUT2D eigenvalue weighted by Gasteiger charge is 2.29. The van der Waals surface area contributed by atoms with Crippen LogP contribution in [0.3, 0.4) is 0 Å². The van der Waals surface area contributed by atoms with E-state index in [-0.39, 0.29) is 23.5 Å². The quantitative estimate of drug-likeness (QED) is 0.802. The molecule has 0 radical (unpaired) electrons. The van der Waals surface area contributed by atoms with Crippen LogP contribution in [0.2, 0.25) is 0 Å². The molecule has 0 saturated carbocycles. The monoisotopic (exact) mass is 424 g/mol. The van der Waals surface area contributed by atoms with Crippen LogP contribution in [0.15, 0.2) is 54.6 Å². The van der Waals surface area contributed by atoms with Gasteiger partial charge in [0.05, 0.1) is 18.2 Å². The van der Waals surface area contributed by atoms with Gasteiger partial charge in [-0.25, -0.2) is 4.39 Å². The Morgan fingerprint density at radius 3 is 2.39 bits per heavy atom. The van der Waals surface area contributed by atoms with Crippen LogP contribution < -0.4 is 10.2 Å². The van der Waals surface area contributed by atoms with Crippen molar-refractivity contribution in [2.45, 2.75) is 12.8 Å². The number of carbonyl (C=O) groups is 2. The van der Waals surface area contributed by atoms with Crippen molar-refractivity contribution in [1.29, 1.82) is 0 Å². The number of nitrogens with one attached hydrogen (secondary N) is 1. The van der Waals surface area contributed by atoms with E-state index in [0.717, 1.165) is 25.1 Å². The number of piperazine rings is 1. The lowest BCUT2D eigenvalue weighted by Crippen LogP contribution is -2.52. The lowest BCUT2D eigenvalue weighted by Gasteiger charge is -2.38. The third-order valence-corrected chi connectivity index (χ3v) is 6.10. The molecule has 2 fully saturated rings. The average Bonchev–Trinajstić information content (AvgIpc) is 2.80. The second-order valence-electron chi connectivity index (χ2n) is 8.25. The Balaban J connectivity index is 1.26. The Labute approximate surface area is 182 Å². The summed E-state index contributed by atoms with van der Waals surface area (Å²) in [6.45, 7) is 4.16. The Hall–Kier alpha value is -2.93. The molecule has 2 aliphatic rings. The molecular weight excluding hydrogens is 395 g/mol. The molecule has 1 unspecified atom stereocenters. The average molecular weight is 425 g/mol. The Kier molecular flexibility index (Phi) is 6.82. The Morgan fingerprint density at radius 2 is 1.65 bits per heavy atom. The maximum atomic E-state index is 14.0. The van der Waals surface area contributed by atoms with Crippen molar-refractivity contribution < 1.29 is 14.0 Å². The summed E-state index contributed by atoms with van der Waals surface area (Å²) in [5.74, 6) is -0.241. The fraction of sp³-hybridized carbons (Fsp3) is 0.417. The van der Waals surface area contributed by atoms with Gasteiger partial charge >= 0.3 is 0 Å². The number of likely N-dealkylation sites (tertiary alicyclic amines) is 1. The fourth-order valence-corrected chi connectivity index (χ4v) is 4.38. The highest BCUT2D eigenvalue weighted by atomic mass is 19.1. The van der Waals surface area contributed by atoms with Gasteiger partial charge in [0.2, 0.25) is 11.8 Å². The second-order valence-corrected chi connectivity index (χ2v) is 8.25. The molecule has 0 bridgehead atoms. The normalized spacial score (nSPS) is 19.8. The van der Waals surface area contributed by atoms with Gasteiger partial charge < -0.3 is 15.1 Å². The van der Waals surface area contributed by atoms with Crippen LogP contribution in [-0.4, -0.2) is 67.4 Å². The zero-order valence-corrected chi connectivity index (χ0v) is 17.7. The van der Waals surface area contributed by atoms with Crippen molar-refractivity contribution in [3.05, 3.63) is 60.4 Å². The molecule has 1 atom stereocenters. The van der Waals surface area contributed by atoms with E-state index in [4.69, 9.17) is 0 Å². The van der Waals surface area contributed by atoms with E-state index >= 15 is 0 Å². The van der Waals surface area contributed by atoms with Crippen LogP contribution in [0.5, 0.6) is 0 Å². The number of benzene rings is 2. The Bertz CT molecular complexity index is 899. The van der Waals surface area contributed by atoms with Gasteiger partial charge in [-0.1, -0.05) is 30.3 Å². The molecule has 2 aromatic rings. The van der Waals surface area contributed by atoms with Gasteiger partial charge in [0, 0.05) is 38.4 Å². The summed E-state index contributed by atoms with van der Waals surface area (Å²) in [5, 5.41) is 2.98. The molecule has 7 heteroatoms. The molecule has 164 valence electrons. The van der Waals surface area contributed by atoms with E-state index in [1.165, 1.54) is 6.07 Å². The molecule has 4 rings (SSSR count). The first-order valence-corrected chi connectivity index (χ1v) is 11.0. The predicted molar refractivity (Wildman–Crippen MR) is 119 cm³/mol. The van der Waals surface area contributed by atoms with E-state index in [0.29, 0.717) is 45.0 Å². The largest absolute Gasteiger partial charge is 0.366 e. The van der Waals surface area contributed by atoms with Gasteiger partial charge in [-0.2, -0.15) is 0 Å². The van der Waals surface area contributed by atoms with E-state index < -0.39 is 0 Å². The smallest absolute Gasteiger partial charge is 0.236 e. The number of anilines is 2. The lowest BCUT2D eigenvalue weighted by atomic mass is 9.97. The minimum absolute atomic E-state index is 0.0156. The molecule has 0 spiro atoms. The van der Waals surface area contributed by atoms with Crippen molar-refractivity contribution in [3.8, 4) is 0 Å². The van der Waals surface area contributed by atoms with Crippen molar-refractivity contribution in [3.63, 3.8) is 0 Å². The summed E-state index contributed by atoms with van der Waals surface area (Å²) in [6, 6.07) is 16.2. The van der Waals surface area contributed by atoms with Gasteiger partial charge in [0.1, 0.15) is 5.82 Å². The number of carbonyl (C=O) groups excluding carboxylic acids is 2. The predicted octanol–water partition coefficient (Wildman–Crippen LogP) is 2.83. The maximum absolute atomic E-state index is 14.0. The number of para-hydroxylation sites is 2. The lowest BCUT2D eigenvalue weighted by molar-refractivity contribution is -0.134. The molecule has 0 aliphatic carbocycles. The van der Waals surface area contributed by atoms with E-state index in [1.807, 2.05) is 46.2 Å². The summed E-state index contributed by atoms with van der Waals surface area (Å²) < 4.78 is 14.0. The molecule has 2 aromatic carbocycles. The third kappa shape index (κ3) is 5.41. The van der Waals surface area contributed by atoms with E-state index in [9.17, 15) is 14.0 Å². The number of halogens is 1. The first-order chi connectivity index (χ1) is 15.1. The number of rotatable bonds is 5. The topological polar surface area (TPSA) is 55.9 Å². The number of piperidine rings is 1. The van der Waals surface area contributed by atoms with Crippen LogP contribution in [0, 0.1) is 11.7 Å². The van der Waals surface area contributed by atoms with Gasteiger partial charge in [-0.05, 0) is 43.7 Å². The SMILES string of the molecule is O=C(Nc1ccccc1)C1CCCN(CC(=O)N2CCN(c3ccccc3F)CC2)C1. The van der Waals surface area contributed by atoms with Crippen molar-refractivity contribution >= 4 is 23.2 Å². The van der Waals surface area contributed by atoms with E-state index in [1.54, 1.807) is 12.1 Å². The standard InChI is InChI=1S/C24H29FN4O2/c25-21-10-4-5-11-22(21)28-13-15-29(16-14-28)23(30)18-27-12-6-7-19(17-27)24(31)26-20-8-2-1-3-9-20/h1-5,8-11,19H,6-7,12-18H2,(H,26,31). The minimum Gasteiger partial charge on any atom is -0.366 e. The molecule has 2 heterocycles. The molecule has 2 saturated heterocycles. The summed E-state index contributed by atoms with van der Waals surface area (Å²) in [5.41, 5.74) is 1.39. The van der Waals surface area contributed by atoms with E-state index in [2.05, 4.69) is 10.2 Å². The van der Waals surface area contributed by atoms with Crippen molar-refractivity contribution in [2.24, 2.45) is 5.92 Å². The van der Waals surface area contributed by atoms with Gasteiger partial charge in [0.25, 0.3) is 0 Å². The third-order valence-electron chi connectivity index (χ3n) is 6.10.